The van der Waals surface area contributed by atoms with E-state index < -0.39 is 0 Å². The van der Waals surface area contributed by atoms with Gasteiger partial charge in [0.25, 0.3) is 0 Å². The molecule has 5 rings (SSSR count). The van der Waals surface area contributed by atoms with Gasteiger partial charge in [-0.25, -0.2) is 4.98 Å². The van der Waals surface area contributed by atoms with Crippen LogP contribution >= 0.6 is 0 Å². The van der Waals surface area contributed by atoms with Crippen LogP contribution in [-0.4, -0.2) is 45.9 Å². The Balaban J connectivity index is 1.46. The maximum absolute atomic E-state index is 13.1. The summed E-state index contributed by atoms with van der Waals surface area (Å²) in [7, 11) is 0. The molecule has 2 amide bonds. The number of fused-ring (bicyclic) bond motifs is 1. The van der Waals surface area contributed by atoms with Gasteiger partial charge in [0.2, 0.25) is 11.8 Å². The minimum absolute atomic E-state index is 0.0372. The molecule has 0 aliphatic carbocycles. The van der Waals surface area contributed by atoms with E-state index in [0.29, 0.717) is 13.0 Å². The molecule has 1 aromatic heterocycles. The third-order valence-electron chi connectivity index (χ3n) is 6.69. The number of aryl methyl sites for hydroxylation is 2. The Bertz CT molecular complexity index is 1160. The molecular weight excluding hydrogens is 400 g/mol. The molecule has 166 valence electrons. The molecule has 2 aromatic carbocycles. The average molecular weight is 431 g/mol. The van der Waals surface area contributed by atoms with E-state index >= 15 is 0 Å². The summed E-state index contributed by atoms with van der Waals surface area (Å²) < 4.78 is 2.05. The number of hydrogen-bond donors (Lipinski definition) is 0. The van der Waals surface area contributed by atoms with Crippen molar-refractivity contribution in [2.45, 2.75) is 52.0 Å². The van der Waals surface area contributed by atoms with Gasteiger partial charge in [0.05, 0.1) is 11.0 Å². The molecular formula is C26H30N4O2. The fraction of sp³-hybridized carbons (Fsp3) is 0.423. The number of nitrogens with zero attached hydrogens (tertiary/aromatic N) is 4. The van der Waals surface area contributed by atoms with Gasteiger partial charge in [0.15, 0.2) is 0 Å². The van der Waals surface area contributed by atoms with Gasteiger partial charge in [-0.3, -0.25) is 9.59 Å². The SMILES string of the molecule is Cc1cc(C)cc(N2CC(c3nc4ccccc4n3CC(=O)N3CCCCC3)CC2=O)c1. The number of anilines is 1. The molecule has 32 heavy (non-hydrogen) atoms. The van der Waals surface area contributed by atoms with Crippen LogP contribution in [0.2, 0.25) is 0 Å². The second kappa shape index (κ2) is 8.41. The molecule has 6 nitrogen and oxygen atoms in total. The Hall–Kier alpha value is -3.15. The summed E-state index contributed by atoms with van der Waals surface area (Å²) in [5.41, 5.74) is 5.09. The van der Waals surface area contributed by atoms with Gasteiger partial charge < -0.3 is 14.4 Å². The maximum atomic E-state index is 13.1. The van der Waals surface area contributed by atoms with Crippen molar-refractivity contribution in [3.05, 3.63) is 59.4 Å². The van der Waals surface area contributed by atoms with Crippen molar-refractivity contribution in [1.82, 2.24) is 14.5 Å². The molecule has 2 fully saturated rings. The summed E-state index contributed by atoms with van der Waals surface area (Å²) in [6.07, 6.45) is 3.76. The number of para-hydroxylation sites is 2. The molecule has 1 atom stereocenters. The molecule has 3 aromatic rings. The highest BCUT2D eigenvalue weighted by atomic mass is 16.2. The van der Waals surface area contributed by atoms with E-state index in [9.17, 15) is 9.59 Å². The molecule has 0 radical (unpaired) electrons. The minimum Gasteiger partial charge on any atom is -0.341 e. The lowest BCUT2D eigenvalue weighted by molar-refractivity contribution is -0.132. The first-order valence-corrected chi connectivity index (χ1v) is 11.6. The Morgan fingerprint density at radius 1 is 1.03 bits per heavy atom. The molecule has 3 heterocycles. The van der Waals surface area contributed by atoms with E-state index in [4.69, 9.17) is 4.98 Å². The van der Waals surface area contributed by atoms with E-state index in [0.717, 1.165) is 59.6 Å². The van der Waals surface area contributed by atoms with Crippen molar-refractivity contribution in [2.24, 2.45) is 0 Å². The van der Waals surface area contributed by atoms with Crippen LogP contribution in [0, 0.1) is 13.8 Å². The van der Waals surface area contributed by atoms with E-state index in [1.165, 1.54) is 6.42 Å². The van der Waals surface area contributed by atoms with Gasteiger partial charge in [0, 0.05) is 37.7 Å². The molecule has 1 unspecified atom stereocenters. The number of amides is 2. The first kappa shape index (κ1) is 20.7. The summed E-state index contributed by atoms with van der Waals surface area (Å²) in [6, 6.07) is 14.2. The van der Waals surface area contributed by atoms with Gasteiger partial charge >= 0.3 is 0 Å². The third kappa shape index (κ3) is 3.90. The minimum atomic E-state index is -0.0372. The second-order valence-corrected chi connectivity index (χ2v) is 9.24. The number of likely N-dealkylation sites (tertiary alicyclic amines) is 1. The van der Waals surface area contributed by atoms with Gasteiger partial charge in [-0.05, 0) is 68.5 Å². The van der Waals surface area contributed by atoms with Gasteiger partial charge in [-0.15, -0.1) is 0 Å². The highest BCUT2D eigenvalue weighted by Gasteiger charge is 2.35. The third-order valence-corrected chi connectivity index (χ3v) is 6.69. The van der Waals surface area contributed by atoms with Crippen LogP contribution in [0.25, 0.3) is 11.0 Å². The first-order valence-electron chi connectivity index (χ1n) is 11.6. The van der Waals surface area contributed by atoms with Crippen LogP contribution in [-0.2, 0) is 16.1 Å². The monoisotopic (exact) mass is 430 g/mol. The Kier molecular flexibility index (Phi) is 5.45. The summed E-state index contributed by atoms with van der Waals surface area (Å²) in [4.78, 5) is 34.8. The zero-order chi connectivity index (χ0) is 22.2. The topological polar surface area (TPSA) is 58.4 Å². The highest BCUT2D eigenvalue weighted by Crippen LogP contribution is 2.34. The van der Waals surface area contributed by atoms with Gasteiger partial charge in [0.1, 0.15) is 12.4 Å². The molecule has 2 aliphatic rings. The molecule has 0 saturated carbocycles. The van der Waals surface area contributed by atoms with Crippen LogP contribution in [0.15, 0.2) is 42.5 Å². The van der Waals surface area contributed by atoms with Crippen molar-refractivity contribution in [3.8, 4) is 0 Å². The van der Waals surface area contributed by atoms with Crippen molar-refractivity contribution < 1.29 is 9.59 Å². The fourth-order valence-electron chi connectivity index (χ4n) is 5.19. The maximum Gasteiger partial charge on any atom is 0.242 e. The van der Waals surface area contributed by atoms with Crippen LogP contribution < -0.4 is 4.90 Å². The van der Waals surface area contributed by atoms with Crippen LogP contribution in [0.4, 0.5) is 5.69 Å². The highest BCUT2D eigenvalue weighted by molar-refractivity contribution is 5.96. The van der Waals surface area contributed by atoms with Crippen molar-refractivity contribution in [1.29, 1.82) is 0 Å². The Morgan fingerprint density at radius 2 is 1.75 bits per heavy atom. The summed E-state index contributed by atoms with van der Waals surface area (Å²) in [5, 5.41) is 0. The Labute approximate surface area is 188 Å². The predicted molar refractivity (Wildman–Crippen MR) is 126 cm³/mol. The zero-order valence-electron chi connectivity index (χ0n) is 18.9. The zero-order valence-corrected chi connectivity index (χ0v) is 18.9. The lowest BCUT2D eigenvalue weighted by Crippen LogP contribution is -2.38. The Morgan fingerprint density at radius 3 is 2.50 bits per heavy atom. The number of carbonyl (C=O) groups excluding carboxylic acids is 2. The normalized spacial score (nSPS) is 19.2. The molecule has 0 N–H and O–H groups in total. The van der Waals surface area contributed by atoms with E-state index in [2.05, 4.69) is 36.6 Å². The van der Waals surface area contributed by atoms with E-state index in [-0.39, 0.29) is 24.3 Å². The lowest BCUT2D eigenvalue weighted by Gasteiger charge is -2.27. The van der Waals surface area contributed by atoms with Crippen molar-refractivity contribution >= 4 is 28.5 Å². The summed E-state index contributed by atoms with van der Waals surface area (Å²) in [5.74, 6) is 1.06. The first-order chi connectivity index (χ1) is 15.5. The van der Waals surface area contributed by atoms with E-state index in [1.807, 2.05) is 34.1 Å². The summed E-state index contributed by atoms with van der Waals surface area (Å²) in [6.45, 7) is 6.65. The number of imidazole rings is 1. The van der Waals surface area contributed by atoms with E-state index in [1.54, 1.807) is 0 Å². The largest absolute Gasteiger partial charge is 0.341 e. The smallest absolute Gasteiger partial charge is 0.242 e. The second-order valence-electron chi connectivity index (χ2n) is 9.24. The number of hydrogen-bond acceptors (Lipinski definition) is 3. The van der Waals surface area contributed by atoms with Crippen LogP contribution in [0.3, 0.4) is 0 Å². The average Bonchev–Trinajstić information content (AvgIpc) is 3.34. The molecule has 2 aliphatic heterocycles. The molecule has 0 spiro atoms. The van der Waals surface area contributed by atoms with Gasteiger partial charge in [-0.1, -0.05) is 18.2 Å². The number of benzene rings is 2. The van der Waals surface area contributed by atoms with Crippen molar-refractivity contribution in [2.75, 3.05) is 24.5 Å². The number of aromatic nitrogens is 2. The molecule has 2 saturated heterocycles. The standard InChI is InChI=1S/C26H30N4O2/c1-18-12-19(2)14-21(13-18)29-16-20(15-24(29)31)26-27-22-8-4-5-9-23(22)30(26)17-25(32)28-10-6-3-7-11-28/h4-5,8-9,12-14,20H,3,6-7,10-11,15-17H2,1-2H3. The summed E-state index contributed by atoms with van der Waals surface area (Å²) >= 11 is 0. The number of rotatable bonds is 4. The molecule has 6 heteroatoms. The van der Waals surface area contributed by atoms with Gasteiger partial charge in [-0.2, -0.15) is 0 Å². The van der Waals surface area contributed by atoms with Crippen LogP contribution in [0.5, 0.6) is 0 Å². The lowest BCUT2D eigenvalue weighted by atomic mass is 10.1. The van der Waals surface area contributed by atoms with Crippen molar-refractivity contribution in [3.63, 3.8) is 0 Å². The number of carbonyl (C=O) groups is 2. The van der Waals surface area contributed by atoms with Crippen LogP contribution in [0.1, 0.15) is 48.6 Å². The number of piperidine rings is 1. The fourth-order valence-corrected chi connectivity index (χ4v) is 5.19. The predicted octanol–water partition coefficient (Wildman–Crippen LogP) is 4.19. The molecule has 0 bridgehead atoms. The quantitative estimate of drug-likeness (QED) is 0.624.